The Hall–Kier alpha value is -4.69. The van der Waals surface area contributed by atoms with Crippen molar-refractivity contribution in [3.63, 3.8) is 0 Å². The fourth-order valence-corrected chi connectivity index (χ4v) is 2.03. The molecule has 2 heterocycles. The third kappa shape index (κ3) is 5.18. The zero-order valence-corrected chi connectivity index (χ0v) is 15.2. The number of pyridine rings is 1. The number of phenolic OH excluding ortho intramolecular Hbond substituents is 1. The van der Waals surface area contributed by atoms with E-state index in [4.69, 9.17) is 9.52 Å². The zero-order valence-electron chi connectivity index (χ0n) is 15.2. The minimum absolute atomic E-state index is 0.436. The van der Waals surface area contributed by atoms with Crippen molar-refractivity contribution in [2.45, 2.75) is 6.92 Å². The molecule has 15 heteroatoms. The zero-order chi connectivity index (χ0) is 22.3. The van der Waals surface area contributed by atoms with E-state index in [1.165, 1.54) is 0 Å². The molecule has 156 valence electrons. The second-order valence-corrected chi connectivity index (χ2v) is 5.29. The van der Waals surface area contributed by atoms with Gasteiger partial charge in [0.05, 0.1) is 32.5 Å². The Labute approximate surface area is 166 Å². The highest BCUT2D eigenvalue weighted by atomic mass is 16.6. The summed E-state index contributed by atoms with van der Waals surface area (Å²) in [5, 5.41) is 50.9. The van der Waals surface area contributed by atoms with E-state index in [9.17, 15) is 30.3 Å². The molecule has 0 spiro atoms. The second kappa shape index (κ2) is 9.49. The molecule has 2 aromatic heterocycles. The van der Waals surface area contributed by atoms with E-state index in [0.717, 1.165) is 12.1 Å². The molecule has 0 bridgehead atoms. The van der Waals surface area contributed by atoms with Crippen LogP contribution in [0.3, 0.4) is 0 Å². The van der Waals surface area contributed by atoms with Crippen LogP contribution in [-0.4, -0.2) is 41.6 Å². The standard InChI is InChI=1S/C9H10N4O.C6H3N3O7/c1-2-11-9-13-12-8(14-9)7-4-3-5-10-6-7;10-6-4(8(13)14)1-3(7(11)12)2-5(6)9(15)16/h3-6H,2H2,1H3,(H,11,13);1-2,10H. The molecule has 1 aromatic carbocycles. The number of rotatable bonds is 6. The number of phenols is 1. The summed E-state index contributed by atoms with van der Waals surface area (Å²) in [4.78, 5) is 31.7. The van der Waals surface area contributed by atoms with Crippen molar-refractivity contribution in [1.82, 2.24) is 15.2 Å². The van der Waals surface area contributed by atoms with E-state index in [1.54, 1.807) is 12.4 Å². The van der Waals surface area contributed by atoms with Gasteiger partial charge in [-0.1, -0.05) is 5.10 Å². The normalized spacial score (nSPS) is 9.90. The monoisotopic (exact) mass is 419 g/mol. The number of nitrogens with zero attached hydrogens (tertiary/aromatic N) is 6. The maximum absolute atomic E-state index is 10.4. The van der Waals surface area contributed by atoms with Gasteiger partial charge in [0.2, 0.25) is 0 Å². The summed E-state index contributed by atoms with van der Waals surface area (Å²) in [6, 6.07) is 5.03. The number of aromatic nitrogens is 3. The van der Waals surface area contributed by atoms with Gasteiger partial charge in [-0.3, -0.25) is 35.3 Å². The highest BCUT2D eigenvalue weighted by molar-refractivity contribution is 5.64. The van der Waals surface area contributed by atoms with E-state index < -0.39 is 37.6 Å². The fraction of sp³-hybridized carbons (Fsp3) is 0.133. The van der Waals surface area contributed by atoms with Gasteiger partial charge in [-0.2, -0.15) is 0 Å². The summed E-state index contributed by atoms with van der Waals surface area (Å²) in [6.45, 7) is 2.72. The van der Waals surface area contributed by atoms with Crippen LogP contribution in [0.5, 0.6) is 5.75 Å². The Kier molecular flexibility index (Phi) is 6.83. The number of hydrogen-bond acceptors (Lipinski definition) is 12. The molecule has 3 aromatic rings. The van der Waals surface area contributed by atoms with Crippen molar-refractivity contribution in [1.29, 1.82) is 0 Å². The SMILES string of the molecule is CCNc1nnc(-c2cccnc2)o1.O=[N+]([O-])c1cc([N+](=O)[O-])c(O)c([N+](=O)[O-])c1. The van der Waals surface area contributed by atoms with Crippen LogP contribution in [0.15, 0.2) is 41.1 Å². The first-order chi connectivity index (χ1) is 14.2. The van der Waals surface area contributed by atoms with Crippen LogP contribution in [0, 0.1) is 30.3 Å². The topological polar surface area (TPSA) is 213 Å². The Bertz CT molecular complexity index is 1030. The molecule has 0 amide bonds. The summed E-state index contributed by atoms with van der Waals surface area (Å²) >= 11 is 0. The largest absolute Gasteiger partial charge is 0.497 e. The Balaban J connectivity index is 0.000000215. The van der Waals surface area contributed by atoms with Crippen molar-refractivity contribution >= 4 is 23.1 Å². The molecule has 0 radical (unpaired) electrons. The van der Waals surface area contributed by atoms with Gasteiger partial charge in [0.1, 0.15) is 0 Å². The lowest BCUT2D eigenvalue weighted by Crippen LogP contribution is -1.97. The van der Waals surface area contributed by atoms with E-state index in [1.807, 2.05) is 19.1 Å². The first-order valence-electron chi connectivity index (χ1n) is 8.02. The summed E-state index contributed by atoms with van der Waals surface area (Å²) in [5.41, 5.74) is -2.18. The highest BCUT2D eigenvalue weighted by Crippen LogP contribution is 2.38. The van der Waals surface area contributed by atoms with Gasteiger partial charge < -0.3 is 14.8 Å². The van der Waals surface area contributed by atoms with Gasteiger partial charge in [0.25, 0.3) is 17.3 Å². The molecule has 0 aliphatic rings. The van der Waals surface area contributed by atoms with Crippen molar-refractivity contribution < 1.29 is 24.3 Å². The molecule has 0 saturated carbocycles. The highest BCUT2D eigenvalue weighted by Gasteiger charge is 2.30. The third-order valence-corrected chi connectivity index (χ3v) is 3.32. The summed E-state index contributed by atoms with van der Waals surface area (Å²) in [5.74, 6) is -0.727. The number of benzene rings is 1. The Morgan fingerprint density at radius 2 is 1.70 bits per heavy atom. The molecule has 2 N–H and O–H groups in total. The summed E-state index contributed by atoms with van der Waals surface area (Å²) < 4.78 is 5.34. The summed E-state index contributed by atoms with van der Waals surface area (Å²) in [6.07, 6.45) is 3.38. The molecule has 15 nitrogen and oxygen atoms in total. The molecular formula is C15H13N7O8. The molecule has 3 rings (SSSR count). The number of anilines is 1. The Morgan fingerprint density at radius 1 is 1.07 bits per heavy atom. The lowest BCUT2D eigenvalue weighted by Gasteiger charge is -1.97. The average molecular weight is 419 g/mol. The lowest BCUT2D eigenvalue weighted by atomic mass is 10.2. The minimum Gasteiger partial charge on any atom is -0.497 e. The van der Waals surface area contributed by atoms with Gasteiger partial charge in [-0.15, -0.1) is 5.10 Å². The van der Waals surface area contributed by atoms with Gasteiger partial charge in [-0.25, -0.2) is 0 Å². The minimum atomic E-state index is -1.21. The molecular weight excluding hydrogens is 406 g/mol. The smallest absolute Gasteiger partial charge is 0.324 e. The number of non-ortho nitro benzene ring substituents is 1. The fourth-order valence-electron chi connectivity index (χ4n) is 2.03. The van der Waals surface area contributed by atoms with Gasteiger partial charge in [0, 0.05) is 18.9 Å². The van der Waals surface area contributed by atoms with Gasteiger partial charge in [-0.05, 0) is 19.1 Å². The van der Waals surface area contributed by atoms with Crippen molar-refractivity contribution in [2.75, 3.05) is 11.9 Å². The number of nitro benzene ring substituents is 3. The number of nitro groups is 3. The van der Waals surface area contributed by atoms with Crippen LogP contribution in [0.1, 0.15) is 6.92 Å². The number of nitrogens with one attached hydrogen (secondary N) is 1. The molecule has 0 atom stereocenters. The maximum Gasteiger partial charge on any atom is 0.324 e. The molecule has 0 saturated heterocycles. The number of hydrogen-bond donors (Lipinski definition) is 2. The van der Waals surface area contributed by atoms with Crippen molar-refractivity contribution in [3.05, 3.63) is 67.0 Å². The Morgan fingerprint density at radius 3 is 2.17 bits per heavy atom. The molecule has 0 aliphatic carbocycles. The van der Waals surface area contributed by atoms with Gasteiger partial charge >= 0.3 is 17.4 Å². The van der Waals surface area contributed by atoms with Crippen LogP contribution in [-0.2, 0) is 0 Å². The predicted octanol–water partition coefficient (Wildman–Crippen LogP) is 2.68. The maximum atomic E-state index is 10.4. The first-order valence-corrected chi connectivity index (χ1v) is 8.02. The molecule has 0 unspecified atom stereocenters. The third-order valence-electron chi connectivity index (χ3n) is 3.32. The van der Waals surface area contributed by atoms with E-state index in [-0.39, 0.29) is 0 Å². The summed E-state index contributed by atoms with van der Waals surface area (Å²) in [7, 11) is 0. The van der Waals surface area contributed by atoms with E-state index in [2.05, 4.69) is 20.5 Å². The van der Waals surface area contributed by atoms with E-state index >= 15 is 0 Å². The molecule has 0 aliphatic heterocycles. The molecule has 30 heavy (non-hydrogen) atoms. The second-order valence-electron chi connectivity index (χ2n) is 5.29. The lowest BCUT2D eigenvalue weighted by molar-refractivity contribution is -0.404. The van der Waals surface area contributed by atoms with Crippen molar-refractivity contribution in [3.8, 4) is 17.2 Å². The predicted molar refractivity (Wildman–Crippen MR) is 99.8 cm³/mol. The van der Waals surface area contributed by atoms with E-state index in [0.29, 0.717) is 24.0 Å². The van der Waals surface area contributed by atoms with Crippen LogP contribution in [0.25, 0.3) is 11.5 Å². The van der Waals surface area contributed by atoms with Gasteiger partial charge in [0.15, 0.2) is 0 Å². The van der Waals surface area contributed by atoms with Crippen LogP contribution < -0.4 is 5.32 Å². The van der Waals surface area contributed by atoms with Crippen LogP contribution in [0.2, 0.25) is 0 Å². The first kappa shape index (κ1) is 21.6. The van der Waals surface area contributed by atoms with Crippen molar-refractivity contribution in [2.24, 2.45) is 0 Å². The van der Waals surface area contributed by atoms with Crippen LogP contribution >= 0.6 is 0 Å². The molecule has 0 fully saturated rings. The van der Waals surface area contributed by atoms with Crippen LogP contribution in [0.4, 0.5) is 23.1 Å². The number of aromatic hydroxyl groups is 1. The average Bonchev–Trinajstić information content (AvgIpc) is 3.17. The quantitative estimate of drug-likeness (QED) is 0.435.